The van der Waals surface area contributed by atoms with Crippen LogP contribution in [0, 0.1) is 0 Å². The molecule has 0 radical (unpaired) electrons. The van der Waals surface area contributed by atoms with Crippen LogP contribution in [0.2, 0.25) is 0 Å². The van der Waals surface area contributed by atoms with Crippen molar-refractivity contribution < 1.29 is 24.3 Å². The Balaban J connectivity index is 2.80. The molecule has 8 nitrogen and oxygen atoms in total. The minimum atomic E-state index is -1.16. The van der Waals surface area contributed by atoms with Gasteiger partial charge in [-0.05, 0) is 12.8 Å². The Morgan fingerprint density at radius 2 is 2.11 bits per heavy atom. The van der Waals surface area contributed by atoms with E-state index in [0.29, 0.717) is 6.42 Å². The summed E-state index contributed by atoms with van der Waals surface area (Å²) >= 11 is 0. The largest absolute Gasteiger partial charge is 0.480 e. The number of carbonyl (C=O) groups excluding carboxylic acids is 3. The molecule has 19 heavy (non-hydrogen) atoms. The molecule has 3 N–H and O–H groups in total. The number of amides is 4. The Hall–Kier alpha value is -2.12. The highest BCUT2D eigenvalue weighted by Gasteiger charge is 2.36. The zero-order chi connectivity index (χ0) is 14.6. The van der Waals surface area contributed by atoms with Crippen molar-refractivity contribution in [2.75, 3.05) is 6.54 Å². The predicted molar refractivity (Wildman–Crippen MR) is 64.2 cm³/mol. The van der Waals surface area contributed by atoms with Gasteiger partial charge in [-0.3, -0.25) is 14.9 Å². The first-order chi connectivity index (χ1) is 8.90. The van der Waals surface area contributed by atoms with E-state index in [4.69, 9.17) is 5.11 Å². The van der Waals surface area contributed by atoms with Crippen molar-refractivity contribution in [3.05, 3.63) is 0 Å². The topological polar surface area (TPSA) is 116 Å². The van der Waals surface area contributed by atoms with Crippen LogP contribution in [0.5, 0.6) is 0 Å². The number of hydrogen-bond donors (Lipinski definition) is 3. The third kappa shape index (κ3) is 3.43. The van der Waals surface area contributed by atoms with Crippen LogP contribution >= 0.6 is 0 Å². The fourth-order valence-corrected chi connectivity index (χ4v) is 1.86. The van der Waals surface area contributed by atoms with Crippen molar-refractivity contribution in [3.8, 4) is 0 Å². The molecular formula is C11H17N3O5. The summed E-state index contributed by atoms with van der Waals surface area (Å²) in [6.45, 7) is 3.06. The third-order valence-corrected chi connectivity index (χ3v) is 2.91. The molecule has 1 saturated heterocycles. The molecule has 106 valence electrons. The van der Waals surface area contributed by atoms with Gasteiger partial charge in [-0.25, -0.2) is 9.59 Å². The maximum atomic E-state index is 12.0. The van der Waals surface area contributed by atoms with E-state index in [1.54, 1.807) is 13.8 Å². The molecule has 0 aromatic rings. The summed E-state index contributed by atoms with van der Waals surface area (Å²) in [5.74, 6) is -2.28. The molecule has 1 rings (SSSR count). The van der Waals surface area contributed by atoms with Crippen LogP contribution in [0.1, 0.15) is 26.7 Å². The Labute approximate surface area is 110 Å². The second kappa shape index (κ2) is 6.17. The number of imide groups is 1. The molecule has 0 aromatic heterocycles. The quantitative estimate of drug-likeness (QED) is 0.584. The molecule has 0 aromatic carbocycles. The lowest BCUT2D eigenvalue weighted by Crippen LogP contribution is -2.62. The molecule has 0 aliphatic carbocycles. The summed E-state index contributed by atoms with van der Waals surface area (Å²) in [5, 5.41) is 13.3. The van der Waals surface area contributed by atoms with E-state index in [9.17, 15) is 19.2 Å². The predicted octanol–water partition coefficient (Wildman–Crippen LogP) is -0.704. The maximum absolute atomic E-state index is 12.0. The van der Waals surface area contributed by atoms with Gasteiger partial charge in [0.05, 0.1) is 0 Å². The summed E-state index contributed by atoms with van der Waals surface area (Å²) in [4.78, 5) is 46.7. The van der Waals surface area contributed by atoms with Crippen molar-refractivity contribution >= 4 is 23.8 Å². The number of nitrogens with zero attached hydrogens (tertiary/aromatic N) is 1. The highest BCUT2D eigenvalue weighted by molar-refractivity contribution is 6.04. The van der Waals surface area contributed by atoms with Crippen LogP contribution in [-0.2, 0) is 14.4 Å². The molecular weight excluding hydrogens is 254 g/mol. The minimum Gasteiger partial charge on any atom is -0.480 e. The van der Waals surface area contributed by atoms with E-state index < -0.39 is 35.9 Å². The average molecular weight is 271 g/mol. The smallest absolute Gasteiger partial charge is 0.326 e. The Morgan fingerprint density at radius 3 is 2.58 bits per heavy atom. The van der Waals surface area contributed by atoms with E-state index in [1.807, 2.05) is 0 Å². The van der Waals surface area contributed by atoms with Crippen LogP contribution in [0.3, 0.4) is 0 Å². The van der Waals surface area contributed by atoms with Crippen molar-refractivity contribution in [2.45, 2.75) is 38.8 Å². The number of carboxylic acids is 1. The van der Waals surface area contributed by atoms with E-state index in [-0.39, 0.29) is 13.0 Å². The third-order valence-electron chi connectivity index (χ3n) is 2.91. The first-order valence-electron chi connectivity index (χ1n) is 6.04. The number of nitrogens with one attached hydrogen (secondary N) is 2. The van der Waals surface area contributed by atoms with Crippen LogP contribution in [0.4, 0.5) is 4.79 Å². The van der Waals surface area contributed by atoms with E-state index in [2.05, 4.69) is 10.6 Å². The second-order valence-corrected chi connectivity index (χ2v) is 4.21. The van der Waals surface area contributed by atoms with Crippen LogP contribution in [0.25, 0.3) is 0 Å². The van der Waals surface area contributed by atoms with Gasteiger partial charge in [-0.1, -0.05) is 13.8 Å². The van der Waals surface area contributed by atoms with E-state index in [0.717, 1.165) is 4.90 Å². The van der Waals surface area contributed by atoms with Crippen molar-refractivity contribution in [1.82, 2.24) is 15.5 Å². The molecule has 1 heterocycles. The molecule has 1 aliphatic rings. The average Bonchev–Trinajstić information content (AvgIpc) is 2.34. The van der Waals surface area contributed by atoms with Gasteiger partial charge in [0.2, 0.25) is 11.8 Å². The zero-order valence-corrected chi connectivity index (χ0v) is 10.8. The number of piperazine rings is 1. The van der Waals surface area contributed by atoms with E-state index >= 15 is 0 Å². The lowest BCUT2D eigenvalue weighted by molar-refractivity contribution is -0.139. The molecule has 8 heteroatoms. The Morgan fingerprint density at radius 1 is 1.47 bits per heavy atom. The molecule has 1 unspecified atom stereocenters. The maximum Gasteiger partial charge on any atom is 0.326 e. The van der Waals surface area contributed by atoms with Gasteiger partial charge in [-0.15, -0.1) is 0 Å². The lowest BCUT2D eigenvalue weighted by atomic mass is 10.1. The number of urea groups is 1. The highest BCUT2D eigenvalue weighted by Crippen LogP contribution is 2.09. The fraction of sp³-hybridized carbons (Fsp3) is 0.636. The van der Waals surface area contributed by atoms with Gasteiger partial charge in [0.1, 0.15) is 18.6 Å². The molecule has 1 fully saturated rings. The Bertz CT molecular complexity index is 409. The van der Waals surface area contributed by atoms with Gasteiger partial charge in [0.25, 0.3) is 0 Å². The summed E-state index contributed by atoms with van der Waals surface area (Å²) < 4.78 is 0. The molecule has 1 aliphatic heterocycles. The second-order valence-electron chi connectivity index (χ2n) is 4.21. The normalized spacial score (nSPS) is 20.7. The van der Waals surface area contributed by atoms with E-state index in [1.165, 1.54) is 0 Å². The number of carbonyl (C=O) groups is 4. The van der Waals surface area contributed by atoms with Gasteiger partial charge >= 0.3 is 12.0 Å². The molecule has 4 amide bonds. The number of rotatable bonds is 4. The molecule has 0 bridgehead atoms. The minimum absolute atomic E-state index is 0.214. The summed E-state index contributed by atoms with van der Waals surface area (Å²) in [5.41, 5.74) is 0. The van der Waals surface area contributed by atoms with Crippen molar-refractivity contribution in [2.24, 2.45) is 0 Å². The molecule has 0 spiro atoms. The number of aliphatic carboxylic acids is 1. The van der Waals surface area contributed by atoms with Gasteiger partial charge in [0.15, 0.2) is 0 Å². The lowest BCUT2D eigenvalue weighted by Gasteiger charge is -2.33. The van der Waals surface area contributed by atoms with Gasteiger partial charge < -0.3 is 15.3 Å². The number of carboxylic acid groups (broad SMARTS) is 1. The van der Waals surface area contributed by atoms with Gasteiger partial charge in [0, 0.05) is 0 Å². The fourth-order valence-electron chi connectivity index (χ4n) is 1.86. The zero-order valence-electron chi connectivity index (χ0n) is 10.8. The summed E-state index contributed by atoms with van der Waals surface area (Å²) in [6.07, 6.45) is 0.558. The van der Waals surface area contributed by atoms with Crippen LogP contribution in [-0.4, -0.2) is 52.4 Å². The SMILES string of the molecule is CCC1C(=O)NC(=O)CN1C(=O)N[C@H](CC)C(=O)O. The van der Waals surface area contributed by atoms with Crippen molar-refractivity contribution in [1.29, 1.82) is 0 Å². The number of hydrogen-bond acceptors (Lipinski definition) is 4. The molecule has 0 saturated carbocycles. The standard InChI is InChI=1S/C11H17N3O5/c1-3-6(10(17)18)12-11(19)14-5-8(15)13-9(16)7(14)4-2/h6-7H,3-5H2,1-2H3,(H,12,19)(H,17,18)(H,13,15,16)/t6-,7?/m1/s1. The Kier molecular flexibility index (Phi) is 4.85. The first kappa shape index (κ1) is 14.9. The summed E-state index contributed by atoms with van der Waals surface area (Å²) in [7, 11) is 0. The van der Waals surface area contributed by atoms with Crippen LogP contribution in [0.15, 0.2) is 0 Å². The van der Waals surface area contributed by atoms with Crippen molar-refractivity contribution in [3.63, 3.8) is 0 Å². The van der Waals surface area contributed by atoms with Crippen LogP contribution < -0.4 is 10.6 Å². The first-order valence-corrected chi connectivity index (χ1v) is 6.04. The van der Waals surface area contributed by atoms with Gasteiger partial charge in [-0.2, -0.15) is 0 Å². The monoisotopic (exact) mass is 271 g/mol. The summed E-state index contributed by atoms with van der Waals surface area (Å²) in [6, 6.07) is -2.52. The highest BCUT2D eigenvalue weighted by atomic mass is 16.4. The molecule has 2 atom stereocenters.